The van der Waals surface area contributed by atoms with E-state index in [9.17, 15) is 9.59 Å². The molecule has 2 unspecified atom stereocenters. The van der Waals surface area contributed by atoms with Crippen LogP contribution in [-0.2, 0) is 25.6 Å². The normalized spacial score (nSPS) is 13.0. The van der Waals surface area contributed by atoms with Gasteiger partial charge in [0.15, 0.2) is 12.2 Å². The summed E-state index contributed by atoms with van der Waals surface area (Å²) in [6, 6.07) is 9.61. The molecule has 1 aromatic rings. The molecule has 2 atom stereocenters. The largest absolute Gasteiger partial charge is 0.451 e. The lowest BCUT2D eigenvalue weighted by molar-refractivity contribution is -0.167. The van der Waals surface area contributed by atoms with E-state index in [1.54, 1.807) is 27.0 Å². The van der Waals surface area contributed by atoms with Crippen LogP contribution in [0.4, 0.5) is 0 Å². The molecular formula is C17H23NO4. The Morgan fingerprint density at radius 2 is 1.86 bits per heavy atom. The number of nitrogens with zero attached hydrogens (tertiary/aromatic N) is 1. The number of esters is 1. The summed E-state index contributed by atoms with van der Waals surface area (Å²) in [5, 5.41) is 0. The lowest BCUT2D eigenvalue weighted by atomic mass is 10.2. The van der Waals surface area contributed by atoms with Crippen LogP contribution in [0.3, 0.4) is 0 Å². The Hall–Kier alpha value is -2.14. The van der Waals surface area contributed by atoms with Gasteiger partial charge in [-0.1, -0.05) is 36.4 Å². The van der Waals surface area contributed by atoms with Crippen molar-refractivity contribution in [3.05, 3.63) is 48.6 Å². The Morgan fingerprint density at radius 1 is 1.23 bits per heavy atom. The summed E-state index contributed by atoms with van der Waals surface area (Å²) in [5.41, 5.74) is 1.01. The first kappa shape index (κ1) is 17.9. The maximum Gasteiger partial charge on any atom is 0.335 e. The van der Waals surface area contributed by atoms with Crippen LogP contribution in [0.5, 0.6) is 0 Å². The van der Waals surface area contributed by atoms with Crippen molar-refractivity contribution in [1.29, 1.82) is 0 Å². The van der Waals surface area contributed by atoms with Gasteiger partial charge in [0.1, 0.15) is 0 Å². The highest BCUT2D eigenvalue weighted by atomic mass is 16.6. The average Bonchev–Trinajstić information content (AvgIpc) is 2.52. The third-order valence-electron chi connectivity index (χ3n) is 3.08. The summed E-state index contributed by atoms with van der Waals surface area (Å²) in [6.45, 7) is 7.36. The fraction of sp³-hybridized carbons (Fsp3) is 0.412. The Labute approximate surface area is 131 Å². The number of hydrogen-bond donors (Lipinski definition) is 0. The van der Waals surface area contributed by atoms with Gasteiger partial charge in [-0.2, -0.15) is 0 Å². The van der Waals surface area contributed by atoms with Crippen LogP contribution in [0.2, 0.25) is 0 Å². The van der Waals surface area contributed by atoms with E-state index in [0.717, 1.165) is 5.56 Å². The predicted molar refractivity (Wildman–Crippen MR) is 84.1 cm³/mol. The molecule has 0 saturated carbocycles. The summed E-state index contributed by atoms with van der Waals surface area (Å²) in [4.78, 5) is 25.5. The molecule has 0 fully saturated rings. The molecule has 0 aliphatic heterocycles. The number of benzene rings is 1. The number of rotatable bonds is 8. The van der Waals surface area contributed by atoms with Crippen molar-refractivity contribution >= 4 is 11.9 Å². The van der Waals surface area contributed by atoms with Gasteiger partial charge >= 0.3 is 5.97 Å². The van der Waals surface area contributed by atoms with Crippen LogP contribution in [-0.4, -0.2) is 42.6 Å². The number of ether oxygens (including phenoxy) is 2. The SMILES string of the molecule is C=CCOC(C)C(=O)OC(C)C(=O)N(C)Cc1ccccc1. The maximum absolute atomic E-state index is 12.2. The third-order valence-corrected chi connectivity index (χ3v) is 3.08. The number of likely N-dealkylation sites (N-methyl/N-ethyl adjacent to an activating group) is 1. The first-order chi connectivity index (χ1) is 10.5. The summed E-state index contributed by atoms with van der Waals surface area (Å²) in [7, 11) is 1.68. The second-order valence-corrected chi connectivity index (χ2v) is 5.02. The topological polar surface area (TPSA) is 55.8 Å². The molecule has 0 heterocycles. The van der Waals surface area contributed by atoms with Crippen molar-refractivity contribution < 1.29 is 19.1 Å². The zero-order valence-electron chi connectivity index (χ0n) is 13.3. The molecule has 0 spiro atoms. The van der Waals surface area contributed by atoms with E-state index in [1.165, 1.54) is 4.90 Å². The molecule has 5 heteroatoms. The van der Waals surface area contributed by atoms with Crippen molar-refractivity contribution in [3.63, 3.8) is 0 Å². The van der Waals surface area contributed by atoms with Gasteiger partial charge in [0, 0.05) is 13.6 Å². The molecule has 5 nitrogen and oxygen atoms in total. The van der Waals surface area contributed by atoms with Crippen LogP contribution in [0.1, 0.15) is 19.4 Å². The lowest BCUT2D eigenvalue weighted by Crippen LogP contribution is -2.39. The Morgan fingerprint density at radius 3 is 2.45 bits per heavy atom. The molecule has 0 aliphatic carbocycles. The highest BCUT2D eigenvalue weighted by molar-refractivity contribution is 5.84. The van der Waals surface area contributed by atoms with E-state index in [-0.39, 0.29) is 12.5 Å². The average molecular weight is 305 g/mol. The summed E-state index contributed by atoms with van der Waals surface area (Å²) < 4.78 is 10.3. The van der Waals surface area contributed by atoms with Crippen LogP contribution < -0.4 is 0 Å². The number of carbonyl (C=O) groups excluding carboxylic acids is 2. The highest BCUT2D eigenvalue weighted by Crippen LogP contribution is 2.07. The van der Waals surface area contributed by atoms with Crippen LogP contribution in [0, 0.1) is 0 Å². The second-order valence-electron chi connectivity index (χ2n) is 5.02. The Kier molecular flexibility index (Phi) is 7.32. The van der Waals surface area contributed by atoms with E-state index in [1.807, 2.05) is 30.3 Å². The number of carbonyl (C=O) groups is 2. The van der Waals surface area contributed by atoms with E-state index < -0.39 is 18.2 Å². The molecular weight excluding hydrogens is 282 g/mol. The van der Waals surface area contributed by atoms with Gasteiger partial charge in [0.25, 0.3) is 5.91 Å². The molecule has 0 radical (unpaired) electrons. The van der Waals surface area contributed by atoms with Crippen LogP contribution >= 0.6 is 0 Å². The van der Waals surface area contributed by atoms with Gasteiger partial charge in [0.05, 0.1) is 6.61 Å². The molecule has 0 saturated heterocycles. The molecule has 0 N–H and O–H groups in total. The zero-order valence-corrected chi connectivity index (χ0v) is 13.3. The summed E-state index contributed by atoms with van der Waals surface area (Å²) in [6.07, 6.45) is -0.0323. The first-order valence-corrected chi connectivity index (χ1v) is 7.17. The fourth-order valence-electron chi connectivity index (χ4n) is 1.85. The van der Waals surface area contributed by atoms with Crippen molar-refractivity contribution in [3.8, 4) is 0 Å². The maximum atomic E-state index is 12.2. The van der Waals surface area contributed by atoms with E-state index in [0.29, 0.717) is 6.54 Å². The third kappa shape index (κ3) is 5.69. The summed E-state index contributed by atoms with van der Waals surface area (Å²) >= 11 is 0. The van der Waals surface area contributed by atoms with Gasteiger partial charge in [-0.05, 0) is 19.4 Å². The van der Waals surface area contributed by atoms with Crippen molar-refractivity contribution in [2.24, 2.45) is 0 Å². The Bertz CT molecular complexity index is 501. The van der Waals surface area contributed by atoms with Gasteiger partial charge in [-0.15, -0.1) is 6.58 Å². The zero-order chi connectivity index (χ0) is 16.5. The molecule has 22 heavy (non-hydrogen) atoms. The molecule has 1 amide bonds. The molecule has 0 aromatic heterocycles. The van der Waals surface area contributed by atoms with Gasteiger partial charge in [0.2, 0.25) is 0 Å². The highest BCUT2D eigenvalue weighted by Gasteiger charge is 2.24. The lowest BCUT2D eigenvalue weighted by Gasteiger charge is -2.22. The van der Waals surface area contributed by atoms with Crippen LogP contribution in [0.15, 0.2) is 43.0 Å². The predicted octanol–water partition coefficient (Wildman–Crippen LogP) is 2.17. The van der Waals surface area contributed by atoms with Gasteiger partial charge < -0.3 is 14.4 Å². The minimum atomic E-state index is -0.851. The molecule has 1 aromatic carbocycles. The summed E-state index contributed by atoms with van der Waals surface area (Å²) in [5.74, 6) is -0.816. The van der Waals surface area contributed by atoms with E-state index in [2.05, 4.69) is 6.58 Å². The quantitative estimate of drug-likeness (QED) is 0.545. The van der Waals surface area contributed by atoms with Crippen LogP contribution in [0.25, 0.3) is 0 Å². The van der Waals surface area contributed by atoms with E-state index in [4.69, 9.17) is 9.47 Å². The second kappa shape index (κ2) is 9.00. The molecule has 1 rings (SSSR count). The molecule has 120 valence electrons. The minimum absolute atomic E-state index is 0.256. The molecule has 0 aliphatic rings. The standard InChI is InChI=1S/C17H23NO4/c1-5-11-21-14(3)17(20)22-13(2)16(19)18(4)12-15-9-7-6-8-10-15/h5-10,13-14H,1,11-12H2,2-4H3. The first-order valence-electron chi connectivity index (χ1n) is 7.17. The van der Waals surface area contributed by atoms with Crippen molar-refractivity contribution in [2.75, 3.05) is 13.7 Å². The monoisotopic (exact) mass is 305 g/mol. The molecule has 0 bridgehead atoms. The van der Waals surface area contributed by atoms with Gasteiger partial charge in [-0.25, -0.2) is 4.79 Å². The van der Waals surface area contributed by atoms with Crippen molar-refractivity contribution in [2.45, 2.75) is 32.6 Å². The van der Waals surface area contributed by atoms with Crippen molar-refractivity contribution in [1.82, 2.24) is 4.90 Å². The smallest absolute Gasteiger partial charge is 0.335 e. The Balaban J connectivity index is 2.50. The minimum Gasteiger partial charge on any atom is -0.451 e. The van der Waals surface area contributed by atoms with Gasteiger partial charge in [-0.3, -0.25) is 4.79 Å². The number of hydrogen-bond acceptors (Lipinski definition) is 4. The number of amides is 1. The van der Waals surface area contributed by atoms with E-state index >= 15 is 0 Å². The fourth-order valence-corrected chi connectivity index (χ4v) is 1.85.